The molecule has 0 bridgehead atoms. The number of hydrogen-bond donors (Lipinski definition) is 2. The van der Waals surface area contributed by atoms with Gasteiger partial charge in [-0.1, -0.05) is 37.6 Å². The predicted octanol–water partition coefficient (Wildman–Crippen LogP) is 2.46. The zero-order valence-electron chi connectivity index (χ0n) is 12.6. The van der Waals surface area contributed by atoms with Gasteiger partial charge in [-0.15, -0.1) is 0 Å². The first-order chi connectivity index (χ1) is 9.31. The van der Waals surface area contributed by atoms with E-state index in [9.17, 15) is 9.59 Å². The zero-order chi connectivity index (χ0) is 15.3. The van der Waals surface area contributed by atoms with Crippen LogP contribution in [0.1, 0.15) is 37.0 Å². The van der Waals surface area contributed by atoms with E-state index in [2.05, 4.69) is 11.4 Å². The number of rotatable bonds is 6. The van der Waals surface area contributed by atoms with Gasteiger partial charge in [-0.2, -0.15) is 0 Å². The van der Waals surface area contributed by atoms with Crippen molar-refractivity contribution in [2.24, 2.45) is 5.92 Å². The van der Waals surface area contributed by atoms with Crippen LogP contribution in [0.25, 0.3) is 0 Å². The van der Waals surface area contributed by atoms with E-state index in [1.165, 1.54) is 5.56 Å². The molecule has 1 amide bonds. The van der Waals surface area contributed by atoms with Crippen LogP contribution >= 0.6 is 0 Å². The van der Waals surface area contributed by atoms with E-state index in [4.69, 9.17) is 5.11 Å². The van der Waals surface area contributed by atoms with Gasteiger partial charge in [-0.05, 0) is 37.3 Å². The second-order valence-electron chi connectivity index (χ2n) is 5.56. The molecule has 0 aromatic heterocycles. The highest BCUT2D eigenvalue weighted by molar-refractivity contribution is 5.83. The maximum Gasteiger partial charge on any atom is 0.326 e. The van der Waals surface area contributed by atoms with Crippen LogP contribution in [-0.2, 0) is 16.0 Å². The predicted molar refractivity (Wildman–Crippen MR) is 78.6 cm³/mol. The molecular weight excluding hydrogens is 254 g/mol. The molecule has 0 fully saturated rings. The highest BCUT2D eigenvalue weighted by atomic mass is 16.4. The molecule has 4 nitrogen and oxygen atoms in total. The molecule has 0 saturated heterocycles. The van der Waals surface area contributed by atoms with Gasteiger partial charge >= 0.3 is 5.97 Å². The van der Waals surface area contributed by atoms with E-state index in [-0.39, 0.29) is 11.8 Å². The van der Waals surface area contributed by atoms with E-state index in [1.807, 2.05) is 26.0 Å². The molecule has 0 aliphatic heterocycles. The molecular formula is C16H23NO3. The molecule has 1 aromatic rings. The lowest BCUT2D eigenvalue weighted by atomic mass is 10.0. The summed E-state index contributed by atoms with van der Waals surface area (Å²) in [5, 5.41) is 11.6. The van der Waals surface area contributed by atoms with Crippen molar-refractivity contribution in [3.63, 3.8) is 0 Å². The number of amides is 1. The molecule has 0 aliphatic carbocycles. The zero-order valence-corrected chi connectivity index (χ0v) is 12.6. The first-order valence-corrected chi connectivity index (χ1v) is 6.89. The highest BCUT2D eigenvalue weighted by Crippen LogP contribution is 2.12. The van der Waals surface area contributed by atoms with Gasteiger partial charge in [-0.25, -0.2) is 4.79 Å². The second-order valence-corrected chi connectivity index (χ2v) is 5.56. The molecule has 0 aliphatic rings. The van der Waals surface area contributed by atoms with Crippen LogP contribution in [0.3, 0.4) is 0 Å². The van der Waals surface area contributed by atoms with Gasteiger partial charge in [0.1, 0.15) is 6.04 Å². The number of aliphatic carboxylic acids is 1. The Hall–Kier alpha value is -1.84. The maximum absolute atomic E-state index is 11.8. The summed E-state index contributed by atoms with van der Waals surface area (Å²) in [4.78, 5) is 22.9. The third kappa shape index (κ3) is 4.68. The molecule has 2 N–H and O–H groups in total. The summed E-state index contributed by atoms with van der Waals surface area (Å²) in [6.07, 6.45) is 0.933. The van der Waals surface area contributed by atoms with Gasteiger partial charge in [0, 0.05) is 6.42 Å². The second kappa shape index (κ2) is 7.08. The quantitative estimate of drug-likeness (QED) is 0.839. The van der Waals surface area contributed by atoms with Gasteiger partial charge in [0.15, 0.2) is 0 Å². The highest BCUT2D eigenvalue weighted by Gasteiger charge is 2.23. The molecule has 0 saturated carbocycles. The fourth-order valence-electron chi connectivity index (χ4n) is 2.13. The van der Waals surface area contributed by atoms with Crippen LogP contribution in [0.5, 0.6) is 0 Å². The number of carboxylic acids is 1. The lowest BCUT2D eigenvalue weighted by molar-refractivity contribution is -0.143. The van der Waals surface area contributed by atoms with Crippen LogP contribution in [0.2, 0.25) is 0 Å². The molecule has 110 valence electrons. The van der Waals surface area contributed by atoms with Gasteiger partial charge in [0.25, 0.3) is 0 Å². The molecule has 0 spiro atoms. The largest absolute Gasteiger partial charge is 0.480 e. The number of hydrogen-bond acceptors (Lipinski definition) is 2. The summed E-state index contributed by atoms with van der Waals surface area (Å²) in [7, 11) is 0. The number of carbonyl (C=O) groups is 2. The summed E-state index contributed by atoms with van der Waals surface area (Å²) < 4.78 is 0. The van der Waals surface area contributed by atoms with Crippen LogP contribution in [0.15, 0.2) is 18.2 Å². The smallest absolute Gasteiger partial charge is 0.326 e. The van der Waals surface area contributed by atoms with Crippen LogP contribution in [-0.4, -0.2) is 23.0 Å². The third-order valence-electron chi connectivity index (χ3n) is 3.37. The van der Waals surface area contributed by atoms with E-state index in [0.29, 0.717) is 12.8 Å². The topological polar surface area (TPSA) is 66.4 Å². The van der Waals surface area contributed by atoms with Crippen LogP contribution < -0.4 is 5.32 Å². The van der Waals surface area contributed by atoms with Gasteiger partial charge in [0.2, 0.25) is 5.91 Å². The van der Waals surface area contributed by atoms with Crippen LogP contribution in [0.4, 0.5) is 0 Å². The Morgan fingerprint density at radius 2 is 1.90 bits per heavy atom. The molecule has 20 heavy (non-hydrogen) atoms. The van der Waals surface area contributed by atoms with Crippen molar-refractivity contribution in [2.75, 3.05) is 0 Å². The summed E-state index contributed by atoms with van der Waals surface area (Å²) >= 11 is 0. The van der Waals surface area contributed by atoms with Crippen molar-refractivity contribution in [3.05, 3.63) is 34.9 Å². The lowest BCUT2D eigenvalue weighted by Gasteiger charge is -2.18. The first-order valence-electron chi connectivity index (χ1n) is 6.89. The average molecular weight is 277 g/mol. The molecule has 1 atom stereocenters. The Labute approximate surface area is 120 Å². The summed E-state index contributed by atoms with van der Waals surface area (Å²) in [5.74, 6) is -1.33. The molecule has 0 heterocycles. The van der Waals surface area contributed by atoms with Crippen molar-refractivity contribution < 1.29 is 14.7 Å². The number of benzene rings is 1. The maximum atomic E-state index is 11.8. The van der Waals surface area contributed by atoms with Crippen molar-refractivity contribution in [3.8, 4) is 0 Å². The third-order valence-corrected chi connectivity index (χ3v) is 3.37. The number of aryl methyl sites for hydroxylation is 3. The van der Waals surface area contributed by atoms with Crippen molar-refractivity contribution in [2.45, 2.75) is 46.6 Å². The standard InChI is InChI=1S/C16H23NO3/c1-10(2)15(16(19)20)17-14(18)8-7-13-6-5-11(3)9-12(13)4/h5-6,9-10,15H,7-8H2,1-4H3,(H,17,18)(H,19,20)/t15-/m1/s1. The van der Waals surface area contributed by atoms with Gasteiger partial charge in [0.05, 0.1) is 0 Å². The van der Waals surface area contributed by atoms with Crippen molar-refractivity contribution >= 4 is 11.9 Å². The number of nitrogens with one attached hydrogen (secondary N) is 1. The van der Waals surface area contributed by atoms with Crippen molar-refractivity contribution in [1.29, 1.82) is 0 Å². The first kappa shape index (κ1) is 16.2. The number of carboxylic acid groups (broad SMARTS) is 1. The van der Waals surface area contributed by atoms with E-state index in [0.717, 1.165) is 11.1 Å². The SMILES string of the molecule is Cc1ccc(CCC(=O)N[C@@H](C(=O)O)C(C)C)c(C)c1. The summed E-state index contributed by atoms with van der Waals surface area (Å²) in [5.41, 5.74) is 3.49. The van der Waals surface area contributed by atoms with E-state index in [1.54, 1.807) is 13.8 Å². The monoisotopic (exact) mass is 277 g/mol. The average Bonchev–Trinajstić information content (AvgIpc) is 2.34. The van der Waals surface area contributed by atoms with E-state index >= 15 is 0 Å². The minimum atomic E-state index is -0.986. The summed E-state index contributed by atoms with van der Waals surface area (Å²) in [6.45, 7) is 7.62. The Morgan fingerprint density at radius 3 is 2.40 bits per heavy atom. The van der Waals surface area contributed by atoms with Gasteiger partial charge in [-0.3, -0.25) is 4.79 Å². The normalized spacial score (nSPS) is 12.2. The van der Waals surface area contributed by atoms with Gasteiger partial charge < -0.3 is 10.4 Å². The molecule has 4 heteroatoms. The summed E-state index contributed by atoms with van der Waals surface area (Å²) in [6, 6.07) is 5.31. The number of carbonyl (C=O) groups excluding carboxylic acids is 1. The van der Waals surface area contributed by atoms with Crippen LogP contribution in [0, 0.1) is 19.8 Å². The Kier molecular flexibility index (Phi) is 5.74. The molecule has 0 unspecified atom stereocenters. The fourth-order valence-corrected chi connectivity index (χ4v) is 2.13. The van der Waals surface area contributed by atoms with Crippen molar-refractivity contribution in [1.82, 2.24) is 5.32 Å². The molecule has 1 aromatic carbocycles. The Bertz CT molecular complexity index is 494. The Balaban J connectivity index is 2.57. The van der Waals surface area contributed by atoms with E-state index < -0.39 is 12.0 Å². The fraction of sp³-hybridized carbons (Fsp3) is 0.500. The molecule has 1 rings (SSSR count). The molecule has 0 radical (unpaired) electrons. The minimum Gasteiger partial charge on any atom is -0.480 e. The Morgan fingerprint density at radius 1 is 1.25 bits per heavy atom. The lowest BCUT2D eigenvalue weighted by Crippen LogP contribution is -2.44. The minimum absolute atomic E-state index is 0.127.